The molecule has 0 spiro atoms. The zero-order chi connectivity index (χ0) is 73.0. The van der Waals surface area contributed by atoms with Gasteiger partial charge in [0.2, 0.25) is 5.91 Å². The maximum absolute atomic E-state index is 13.4. The van der Waals surface area contributed by atoms with E-state index in [4.69, 9.17) is 18.9 Å². The number of hydrogen-bond donors (Lipinski definition) is 9. The summed E-state index contributed by atoms with van der Waals surface area (Å²) in [5.74, 6) is -0.243. The zero-order valence-corrected chi connectivity index (χ0v) is 65.2. The Labute approximate surface area is 619 Å². The van der Waals surface area contributed by atoms with Gasteiger partial charge in [-0.3, -0.25) is 4.79 Å². The van der Waals surface area contributed by atoms with Gasteiger partial charge in [-0.1, -0.05) is 376 Å². The predicted octanol–water partition coefficient (Wildman–Crippen LogP) is 20.3. The standard InChI is InChI=1S/C87H161NO13/c1-3-5-7-9-11-13-15-17-19-21-23-25-27-29-31-33-35-37-38-39-41-43-45-47-49-51-53-55-57-59-61-63-65-67-69-71-79(92)88-75(74-98-86-84(97)82(95)85(78(73-90)100-86)101-87-83(96)81(94)80(93)77(72-89)99-87)76(91)70-68-66-64-62-60-58-56-54-52-50-48-46-44-42-40-36-34-32-30-28-26-24-22-20-18-16-14-12-10-8-6-4-2/h15,17,21,23,27,29,60,62,68,70,75-78,80-87,89-91,93-97H,3-14,16,18-20,22,24-26,28,30-59,61,63-67,69,71-74H2,1-2H3,(H,88,92)/b17-15-,23-21-,29-27-,62-60+,70-68+. The summed E-state index contributed by atoms with van der Waals surface area (Å²) in [6, 6.07) is -0.935. The first-order valence-corrected chi connectivity index (χ1v) is 43.0. The van der Waals surface area contributed by atoms with Crippen molar-refractivity contribution in [2.75, 3.05) is 19.8 Å². The second kappa shape index (κ2) is 70.7. The Balaban J connectivity index is 1.60. The largest absolute Gasteiger partial charge is 0.394 e. The molecule has 2 rings (SSSR count). The lowest BCUT2D eigenvalue weighted by Crippen LogP contribution is -2.65. The summed E-state index contributed by atoms with van der Waals surface area (Å²) in [7, 11) is 0. The summed E-state index contributed by atoms with van der Waals surface area (Å²) >= 11 is 0. The Kier molecular flexibility index (Phi) is 66.3. The van der Waals surface area contributed by atoms with Crippen LogP contribution in [0.2, 0.25) is 0 Å². The van der Waals surface area contributed by atoms with Gasteiger partial charge in [-0.05, 0) is 70.6 Å². The first kappa shape index (κ1) is 94.8. The highest BCUT2D eigenvalue weighted by atomic mass is 16.7. The number of carbonyl (C=O) groups excluding carboxylic acids is 1. The van der Waals surface area contributed by atoms with Crippen LogP contribution in [0.25, 0.3) is 0 Å². The second-order valence-corrected chi connectivity index (χ2v) is 30.3. The Hall–Kier alpha value is -2.31. The monoisotopic (exact) mass is 1430 g/mol. The molecule has 12 atom stereocenters. The predicted molar refractivity (Wildman–Crippen MR) is 420 cm³/mol. The van der Waals surface area contributed by atoms with Crippen LogP contribution >= 0.6 is 0 Å². The fourth-order valence-corrected chi connectivity index (χ4v) is 14.1. The molecule has 1 amide bonds. The third-order valence-corrected chi connectivity index (χ3v) is 20.9. The quantitative estimate of drug-likeness (QED) is 0.0204. The molecule has 0 aromatic heterocycles. The van der Waals surface area contributed by atoms with Gasteiger partial charge in [0.1, 0.15) is 48.8 Å². The Bertz CT molecular complexity index is 1930. The number of ether oxygens (including phenoxy) is 4. The first-order valence-electron chi connectivity index (χ1n) is 43.0. The van der Waals surface area contributed by atoms with Crippen LogP contribution in [0.1, 0.15) is 393 Å². The van der Waals surface area contributed by atoms with Crippen LogP contribution < -0.4 is 5.32 Å². The normalized spacial score (nSPS) is 22.0. The van der Waals surface area contributed by atoms with Crippen molar-refractivity contribution >= 4 is 5.91 Å². The first-order chi connectivity index (χ1) is 49.6. The number of amides is 1. The molecule has 2 saturated heterocycles. The highest BCUT2D eigenvalue weighted by Gasteiger charge is 2.51. The fraction of sp³-hybridized carbons (Fsp3) is 0.874. The number of rotatable bonds is 73. The van der Waals surface area contributed by atoms with E-state index < -0.39 is 86.8 Å². The minimum absolute atomic E-state index is 0.243. The molecule has 0 saturated carbocycles. The molecule has 9 N–H and O–H groups in total. The van der Waals surface area contributed by atoms with Gasteiger partial charge in [0.05, 0.1) is 32.0 Å². The van der Waals surface area contributed by atoms with Crippen molar-refractivity contribution < 1.29 is 64.6 Å². The Morgan fingerprint density at radius 1 is 0.356 bits per heavy atom. The van der Waals surface area contributed by atoms with Crippen LogP contribution in [0.4, 0.5) is 0 Å². The van der Waals surface area contributed by atoms with E-state index >= 15 is 0 Å². The molecule has 14 heteroatoms. The van der Waals surface area contributed by atoms with Gasteiger partial charge in [0.25, 0.3) is 0 Å². The molecule has 0 aliphatic carbocycles. The number of hydrogen-bond acceptors (Lipinski definition) is 13. The number of unbranched alkanes of at least 4 members (excludes halogenated alkanes) is 52. The summed E-state index contributed by atoms with van der Waals surface area (Å²) in [6.07, 6.45) is 80.4. The van der Waals surface area contributed by atoms with E-state index in [1.165, 1.54) is 315 Å². The van der Waals surface area contributed by atoms with Crippen molar-refractivity contribution in [2.45, 2.75) is 466 Å². The lowest BCUT2D eigenvalue weighted by atomic mass is 9.97. The molecule has 2 fully saturated rings. The van der Waals surface area contributed by atoms with E-state index in [9.17, 15) is 45.6 Å². The van der Waals surface area contributed by atoms with Crippen LogP contribution in [0.5, 0.6) is 0 Å². The molecule has 592 valence electrons. The van der Waals surface area contributed by atoms with E-state index in [1.54, 1.807) is 6.08 Å². The summed E-state index contributed by atoms with van der Waals surface area (Å²) in [6.45, 7) is 2.83. The van der Waals surface area contributed by atoms with Crippen LogP contribution in [-0.2, 0) is 23.7 Å². The van der Waals surface area contributed by atoms with Gasteiger partial charge in [-0.15, -0.1) is 0 Å². The van der Waals surface area contributed by atoms with Crippen LogP contribution in [0.3, 0.4) is 0 Å². The van der Waals surface area contributed by atoms with Gasteiger partial charge in [0, 0.05) is 6.42 Å². The van der Waals surface area contributed by atoms with Crippen molar-refractivity contribution in [3.05, 3.63) is 60.8 Å². The third-order valence-electron chi connectivity index (χ3n) is 20.9. The Morgan fingerprint density at radius 2 is 0.663 bits per heavy atom. The number of nitrogens with one attached hydrogen (secondary N) is 1. The minimum atomic E-state index is -1.79. The summed E-state index contributed by atoms with van der Waals surface area (Å²) in [5.41, 5.74) is 0. The molecule has 14 nitrogen and oxygen atoms in total. The van der Waals surface area contributed by atoms with Gasteiger partial charge in [-0.2, -0.15) is 0 Å². The number of carbonyl (C=O) groups is 1. The molecule has 0 bridgehead atoms. The lowest BCUT2D eigenvalue weighted by molar-refractivity contribution is -0.359. The Morgan fingerprint density at radius 3 is 1.04 bits per heavy atom. The molecule has 101 heavy (non-hydrogen) atoms. The molecular weight excluding hydrogens is 1270 g/mol. The third kappa shape index (κ3) is 53.2. The summed E-state index contributed by atoms with van der Waals surface area (Å²) < 4.78 is 22.9. The topological polar surface area (TPSA) is 228 Å². The molecule has 0 aromatic rings. The van der Waals surface area contributed by atoms with E-state index in [-0.39, 0.29) is 18.9 Å². The van der Waals surface area contributed by atoms with E-state index in [1.807, 2.05) is 6.08 Å². The highest BCUT2D eigenvalue weighted by molar-refractivity contribution is 5.76. The second-order valence-electron chi connectivity index (χ2n) is 30.3. The van der Waals surface area contributed by atoms with Crippen molar-refractivity contribution in [3.63, 3.8) is 0 Å². The lowest BCUT2D eigenvalue weighted by Gasteiger charge is -2.46. The van der Waals surface area contributed by atoms with Crippen molar-refractivity contribution in [2.24, 2.45) is 0 Å². The summed E-state index contributed by atoms with van der Waals surface area (Å²) in [5, 5.41) is 87.8. The number of aliphatic hydroxyl groups is 8. The average molecular weight is 1430 g/mol. The highest BCUT2D eigenvalue weighted by Crippen LogP contribution is 2.30. The van der Waals surface area contributed by atoms with E-state index in [2.05, 4.69) is 67.8 Å². The van der Waals surface area contributed by atoms with Crippen molar-refractivity contribution in [1.29, 1.82) is 0 Å². The van der Waals surface area contributed by atoms with Crippen LogP contribution in [0, 0.1) is 0 Å². The van der Waals surface area contributed by atoms with Gasteiger partial charge >= 0.3 is 0 Å². The maximum Gasteiger partial charge on any atom is 0.220 e. The van der Waals surface area contributed by atoms with Crippen LogP contribution in [0.15, 0.2) is 60.8 Å². The molecular formula is C87H161NO13. The molecule has 0 aromatic carbocycles. The van der Waals surface area contributed by atoms with Gasteiger partial charge < -0.3 is 65.1 Å². The summed E-state index contributed by atoms with van der Waals surface area (Å²) in [4.78, 5) is 13.4. The smallest absolute Gasteiger partial charge is 0.220 e. The fourth-order valence-electron chi connectivity index (χ4n) is 14.1. The molecule has 0 radical (unpaired) electrons. The molecule has 2 heterocycles. The van der Waals surface area contributed by atoms with Crippen molar-refractivity contribution in [3.8, 4) is 0 Å². The molecule has 2 aliphatic heterocycles. The van der Waals surface area contributed by atoms with Gasteiger partial charge in [0.15, 0.2) is 12.6 Å². The molecule has 2 aliphatic rings. The SMILES string of the molecule is CCCCCCC/C=C\C/C=C\C/C=C\CCCCCCCCCCCCCCCCCCCCCCC(=O)NC(COC1OC(CO)C(OC2OC(CO)C(O)C(O)C2O)C(O)C1O)C(O)/C=C/CC/C=C/CCCCCCCCCCCCCCCCCCCCCCCCCCCC. The number of allylic oxidation sites excluding steroid dienone is 9. The van der Waals surface area contributed by atoms with E-state index in [0.717, 1.165) is 44.9 Å². The average Bonchev–Trinajstić information content (AvgIpc) is 0.791. The van der Waals surface area contributed by atoms with Gasteiger partial charge in [-0.25, -0.2) is 0 Å². The van der Waals surface area contributed by atoms with Crippen molar-refractivity contribution in [1.82, 2.24) is 5.32 Å². The van der Waals surface area contributed by atoms with Crippen LogP contribution in [-0.4, -0.2) is 140 Å². The number of aliphatic hydroxyl groups excluding tert-OH is 8. The maximum atomic E-state index is 13.4. The molecule has 12 unspecified atom stereocenters. The zero-order valence-electron chi connectivity index (χ0n) is 65.2. The minimum Gasteiger partial charge on any atom is -0.394 e. The van der Waals surface area contributed by atoms with E-state index in [0.29, 0.717) is 12.8 Å².